The summed E-state index contributed by atoms with van der Waals surface area (Å²) >= 11 is 3.46. The molecule has 4 heteroatoms. The Morgan fingerprint density at radius 3 is 2.80 bits per heavy atom. The van der Waals surface area contributed by atoms with E-state index in [-0.39, 0.29) is 16.5 Å². The van der Waals surface area contributed by atoms with Crippen LogP contribution in [0.5, 0.6) is 0 Å². The lowest BCUT2D eigenvalue weighted by Crippen LogP contribution is -2.33. The van der Waals surface area contributed by atoms with E-state index >= 15 is 0 Å². The lowest BCUT2D eigenvalue weighted by molar-refractivity contribution is -0.116. The lowest BCUT2D eigenvalue weighted by atomic mass is 9.96. The molecule has 1 aromatic rings. The average Bonchev–Trinajstić information content (AvgIpc) is 2.45. The summed E-state index contributed by atoms with van der Waals surface area (Å²) in [6, 6.07) is 5.71. The smallest absolute Gasteiger partial charge is 0.223 e. The number of alkyl halides is 1. The largest absolute Gasteiger partial charge is 0.312 e. The van der Waals surface area contributed by atoms with Gasteiger partial charge in [-0.2, -0.15) is 0 Å². The van der Waals surface area contributed by atoms with Gasteiger partial charge in [-0.05, 0) is 43.0 Å². The van der Waals surface area contributed by atoms with Crippen LogP contribution in [0.2, 0.25) is 0 Å². The number of carbonyl (C=O) groups excluding carboxylic acids is 2. The third kappa shape index (κ3) is 3.11. The normalized spacial score (nSPS) is 15.7. The molecular weight excluding hydrogens is 318 g/mol. The molecule has 0 aromatic heterocycles. The van der Waals surface area contributed by atoms with Crippen LogP contribution in [-0.2, 0) is 11.2 Å². The number of amides is 1. The van der Waals surface area contributed by atoms with Crippen LogP contribution in [-0.4, -0.2) is 23.1 Å². The fourth-order valence-corrected chi connectivity index (χ4v) is 3.37. The quantitative estimate of drug-likeness (QED) is 0.620. The Bertz CT molecular complexity index is 527. The van der Waals surface area contributed by atoms with E-state index in [2.05, 4.69) is 22.9 Å². The van der Waals surface area contributed by atoms with E-state index in [4.69, 9.17) is 0 Å². The van der Waals surface area contributed by atoms with Crippen LogP contribution >= 0.6 is 15.9 Å². The number of anilines is 1. The Labute approximate surface area is 128 Å². The molecule has 2 rings (SSSR count). The Morgan fingerprint density at radius 2 is 2.15 bits per heavy atom. The number of ketones is 1. The Hall–Kier alpha value is -1.16. The van der Waals surface area contributed by atoms with Crippen molar-refractivity contribution in [3.63, 3.8) is 0 Å². The summed E-state index contributed by atoms with van der Waals surface area (Å²) < 4.78 is 0. The highest BCUT2D eigenvalue weighted by molar-refractivity contribution is 9.10. The van der Waals surface area contributed by atoms with Gasteiger partial charge in [0.15, 0.2) is 5.78 Å². The summed E-state index contributed by atoms with van der Waals surface area (Å²) in [5.41, 5.74) is 2.81. The molecule has 0 radical (unpaired) electrons. The standard InChI is InChI=1S/C16H20BrNO2/c1-3-5-14(17)16(20)13-7-8-15-12(10-13)6-4-9-18(15)11(2)19/h7-8,10,14H,3-6,9H2,1-2H3. The molecule has 1 heterocycles. The third-order valence-corrected chi connectivity index (χ3v) is 4.56. The molecule has 1 atom stereocenters. The number of nitrogens with zero attached hydrogens (tertiary/aromatic N) is 1. The number of aryl methyl sites for hydroxylation is 1. The summed E-state index contributed by atoms with van der Waals surface area (Å²) in [5, 5.41) is 0. The van der Waals surface area contributed by atoms with Gasteiger partial charge in [0.05, 0.1) is 4.83 Å². The summed E-state index contributed by atoms with van der Waals surface area (Å²) in [4.78, 5) is 25.6. The van der Waals surface area contributed by atoms with E-state index in [1.54, 1.807) is 11.8 Å². The van der Waals surface area contributed by atoms with Crippen molar-refractivity contribution < 1.29 is 9.59 Å². The van der Waals surface area contributed by atoms with Crippen LogP contribution in [0, 0.1) is 0 Å². The average molecular weight is 338 g/mol. The van der Waals surface area contributed by atoms with Crippen LogP contribution in [0.3, 0.4) is 0 Å². The maximum absolute atomic E-state index is 12.3. The van der Waals surface area contributed by atoms with Crippen LogP contribution in [0.4, 0.5) is 5.69 Å². The number of hydrogen-bond acceptors (Lipinski definition) is 2. The first-order valence-electron chi connectivity index (χ1n) is 7.14. The second kappa shape index (κ2) is 6.53. The highest BCUT2D eigenvalue weighted by Gasteiger charge is 2.22. The molecule has 1 unspecified atom stereocenters. The number of fused-ring (bicyclic) bond motifs is 1. The van der Waals surface area contributed by atoms with Gasteiger partial charge in [-0.3, -0.25) is 9.59 Å². The minimum Gasteiger partial charge on any atom is -0.312 e. The maximum Gasteiger partial charge on any atom is 0.223 e. The maximum atomic E-state index is 12.3. The molecule has 0 bridgehead atoms. The SMILES string of the molecule is CCCC(Br)C(=O)c1ccc2c(c1)CCCN2C(C)=O. The number of benzene rings is 1. The molecule has 108 valence electrons. The molecule has 0 saturated carbocycles. The van der Waals surface area contributed by atoms with Gasteiger partial charge >= 0.3 is 0 Å². The van der Waals surface area contributed by atoms with Gasteiger partial charge in [-0.25, -0.2) is 0 Å². The number of Topliss-reactive ketones (excluding diaryl/α,β-unsaturated/α-hetero) is 1. The first-order chi connectivity index (χ1) is 9.54. The molecule has 0 saturated heterocycles. The van der Waals surface area contributed by atoms with E-state index in [0.717, 1.165) is 49.0 Å². The van der Waals surface area contributed by atoms with Crippen LogP contribution in [0.1, 0.15) is 49.0 Å². The molecule has 1 amide bonds. The summed E-state index contributed by atoms with van der Waals surface area (Å²) in [6.07, 6.45) is 3.71. The van der Waals surface area contributed by atoms with Crippen molar-refractivity contribution in [3.8, 4) is 0 Å². The van der Waals surface area contributed by atoms with Crippen molar-refractivity contribution in [2.45, 2.75) is 44.4 Å². The number of hydrogen-bond donors (Lipinski definition) is 0. The van der Waals surface area contributed by atoms with Gasteiger partial charge in [0.25, 0.3) is 0 Å². The Kier molecular flexibility index (Phi) is 4.97. The van der Waals surface area contributed by atoms with Gasteiger partial charge in [0.2, 0.25) is 5.91 Å². The molecule has 3 nitrogen and oxygen atoms in total. The third-order valence-electron chi connectivity index (χ3n) is 3.69. The van der Waals surface area contributed by atoms with Gasteiger partial charge in [0, 0.05) is 24.7 Å². The van der Waals surface area contributed by atoms with Gasteiger partial charge in [0.1, 0.15) is 0 Å². The second-order valence-electron chi connectivity index (χ2n) is 5.24. The zero-order valence-electron chi connectivity index (χ0n) is 12.0. The predicted octanol–water partition coefficient (Wildman–Crippen LogP) is 3.73. The molecule has 0 spiro atoms. The molecule has 0 aliphatic carbocycles. The number of rotatable bonds is 4. The minimum atomic E-state index is -0.113. The van der Waals surface area contributed by atoms with Crippen molar-refractivity contribution in [2.24, 2.45) is 0 Å². The summed E-state index contributed by atoms with van der Waals surface area (Å²) in [7, 11) is 0. The van der Waals surface area contributed by atoms with Crippen molar-refractivity contribution in [2.75, 3.05) is 11.4 Å². The van der Waals surface area contributed by atoms with Crippen molar-refractivity contribution >= 4 is 33.3 Å². The number of carbonyl (C=O) groups is 2. The highest BCUT2D eigenvalue weighted by atomic mass is 79.9. The highest BCUT2D eigenvalue weighted by Crippen LogP contribution is 2.29. The van der Waals surface area contributed by atoms with Crippen molar-refractivity contribution in [1.82, 2.24) is 0 Å². The van der Waals surface area contributed by atoms with E-state index in [9.17, 15) is 9.59 Å². The first-order valence-corrected chi connectivity index (χ1v) is 8.05. The van der Waals surface area contributed by atoms with Crippen molar-refractivity contribution in [1.29, 1.82) is 0 Å². The second-order valence-corrected chi connectivity index (χ2v) is 6.34. The zero-order chi connectivity index (χ0) is 14.7. The molecule has 0 fully saturated rings. The van der Waals surface area contributed by atoms with Crippen LogP contribution < -0.4 is 4.90 Å². The van der Waals surface area contributed by atoms with Crippen LogP contribution in [0.25, 0.3) is 0 Å². The number of halogens is 1. The van der Waals surface area contributed by atoms with Gasteiger partial charge in [-0.1, -0.05) is 29.3 Å². The lowest BCUT2D eigenvalue weighted by Gasteiger charge is -2.29. The van der Waals surface area contributed by atoms with Gasteiger partial charge < -0.3 is 4.90 Å². The van der Waals surface area contributed by atoms with E-state index in [1.165, 1.54) is 0 Å². The molecule has 1 aromatic carbocycles. The predicted molar refractivity (Wildman–Crippen MR) is 84.7 cm³/mol. The fourth-order valence-electron chi connectivity index (χ4n) is 2.64. The Balaban J connectivity index is 2.28. The fraction of sp³-hybridized carbons (Fsp3) is 0.500. The monoisotopic (exact) mass is 337 g/mol. The minimum absolute atomic E-state index is 0.0642. The molecule has 20 heavy (non-hydrogen) atoms. The zero-order valence-corrected chi connectivity index (χ0v) is 13.6. The van der Waals surface area contributed by atoms with Crippen LogP contribution in [0.15, 0.2) is 18.2 Å². The molecule has 1 aliphatic rings. The molecular formula is C16H20BrNO2. The summed E-state index contributed by atoms with van der Waals surface area (Å²) in [6.45, 7) is 4.43. The summed E-state index contributed by atoms with van der Waals surface area (Å²) in [5.74, 6) is 0.198. The first kappa shape index (κ1) is 15.2. The van der Waals surface area contributed by atoms with E-state index < -0.39 is 0 Å². The molecule has 0 N–H and O–H groups in total. The molecule has 1 aliphatic heterocycles. The topological polar surface area (TPSA) is 37.4 Å². The van der Waals surface area contributed by atoms with E-state index in [0.29, 0.717) is 0 Å². The van der Waals surface area contributed by atoms with Gasteiger partial charge in [-0.15, -0.1) is 0 Å². The van der Waals surface area contributed by atoms with E-state index in [1.807, 2.05) is 18.2 Å². The van der Waals surface area contributed by atoms with Crippen molar-refractivity contribution in [3.05, 3.63) is 29.3 Å². The Morgan fingerprint density at radius 1 is 1.40 bits per heavy atom.